The number of aliphatic imine (C=N–C) groups is 1. The van der Waals surface area contributed by atoms with Crippen molar-refractivity contribution in [2.75, 3.05) is 32.7 Å². The number of alkyl carbamates (subject to hydrolysis) is 1. The summed E-state index contributed by atoms with van der Waals surface area (Å²) in [6.07, 6.45) is -0.443. The number of ether oxygens (including phenoxy) is 1. The first-order valence-electron chi connectivity index (χ1n) is 7.48. The van der Waals surface area contributed by atoms with Gasteiger partial charge in [-0.25, -0.2) is 4.79 Å². The second-order valence-corrected chi connectivity index (χ2v) is 5.60. The van der Waals surface area contributed by atoms with Gasteiger partial charge >= 0.3 is 6.09 Å². The van der Waals surface area contributed by atoms with E-state index >= 15 is 0 Å². The zero-order chi connectivity index (χ0) is 17.0. The number of guanidine groups is 1. The molecule has 0 saturated carbocycles. The zero-order valence-corrected chi connectivity index (χ0v) is 16.9. The molecule has 0 aromatic carbocycles. The molecule has 0 rings (SSSR count). The van der Waals surface area contributed by atoms with Gasteiger partial charge in [0.25, 0.3) is 0 Å². The Morgan fingerprint density at radius 3 is 2.13 bits per heavy atom. The van der Waals surface area contributed by atoms with E-state index in [9.17, 15) is 9.59 Å². The van der Waals surface area contributed by atoms with Crippen molar-refractivity contribution in [3.8, 4) is 0 Å². The minimum absolute atomic E-state index is 0. The van der Waals surface area contributed by atoms with E-state index in [1.54, 1.807) is 0 Å². The van der Waals surface area contributed by atoms with Crippen molar-refractivity contribution in [1.82, 2.24) is 21.3 Å². The second kappa shape index (κ2) is 13.2. The number of nitrogens with zero attached hydrogens (tertiary/aromatic N) is 1. The summed E-state index contributed by atoms with van der Waals surface area (Å²) in [7, 11) is 0. The molecule has 0 spiro atoms. The Bertz CT molecular complexity index is 383. The maximum absolute atomic E-state index is 11.5. The largest absolute Gasteiger partial charge is 0.444 e. The van der Waals surface area contributed by atoms with Crippen molar-refractivity contribution in [2.24, 2.45) is 4.99 Å². The Morgan fingerprint density at radius 1 is 1.00 bits per heavy atom. The molecule has 0 bridgehead atoms. The van der Waals surface area contributed by atoms with Crippen LogP contribution in [0.5, 0.6) is 0 Å². The fraction of sp³-hybridized carbons (Fsp3) is 0.786. The Balaban J connectivity index is 0. The number of rotatable bonds is 7. The van der Waals surface area contributed by atoms with E-state index in [1.165, 1.54) is 6.92 Å². The van der Waals surface area contributed by atoms with Gasteiger partial charge in [-0.1, -0.05) is 0 Å². The van der Waals surface area contributed by atoms with Crippen molar-refractivity contribution in [3.05, 3.63) is 0 Å². The first kappa shape index (κ1) is 24.0. The van der Waals surface area contributed by atoms with Gasteiger partial charge in [-0.05, 0) is 27.7 Å². The number of nitrogens with one attached hydrogen (secondary N) is 4. The van der Waals surface area contributed by atoms with E-state index in [1.807, 2.05) is 27.7 Å². The lowest BCUT2D eigenvalue weighted by atomic mass is 10.2. The van der Waals surface area contributed by atoms with Crippen molar-refractivity contribution in [3.63, 3.8) is 0 Å². The normalized spacial score (nSPS) is 11.1. The third kappa shape index (κ3) is 16.9. The summed E-state index contributed by atoms with van der Waals surface area (Å²) in [6, 6.07) is 0. The molecule has 0 aliphatic heterocycles. The number of hydrogen-bond acceptors (Lipinski definition) is 4. The summed E-state index contributed by atoms with van der Waals surface area (Å²) < 4.78 is 5.13. The maximum Gasteiger partial charge on any atom is 0.407 e. The Hall–Kier alpha value is -1.26. The van der Waals surface area contributed by atoms with Gasteiger partial charge in [0.1, 0.15) is 5.60 Å². The van der Waals surface area contributed by atoms with Gasteiger partial charge in [0, 0.05) is 33.1 Å². The summed E-state index contributed by atoms with van der Waals surface area (Å²) >= 11 is 0. The van der Waals surface area contributed by atoms with Crippen LogP contribution in [0.2, 0.25) is 0 Å². The van der Waals surface area contributed by atoms with Gasteiger partial charge in [0.2, 0.25) is 5.91 Å². The molecule has 136 valence electrons. The lowest BCUT2D eigenvalue weighted by Gasteiger charge is -2.19. The summed E-state index contributed by atoms with van der Waals surface area (Å²) in [4.78, 5) is 26.5. The molecular formula is C14H30IN5O3. The molecule has 0 aromatic rings. The average molecular weight is 443 g/mol. The molecule has 2 amide bonds. The monoisotopic (exact) mass is 443 g/mol. The van der Waals surface area contributed by atoms with E-state index < -0.39 is 11.7 Å². The molecule has 0 heterocycles. The number of halogens is 1. The molecule has 9 heteroatoms. The smallest absolute Gasteiger partial charge is 0.407 e. The van der Waals surface area contributed by atoms with Crippen LogP contribution in [-0.2, 0) is 9.53 Å². The average Bonchev–Trinajstić information content (AvgIpc) is 2.37. The van der Waals surface area contributed by atoms with E-state index in [2.05, 4.69) is 26.3 Å². The molecule has 0 saturated heterocycles. The van der Waals surface area contributed by atoms with Crippen molar-refractivity contribution in [2.45, 2.75) is 40.2 Å². The third-order valence-electron chi connectivity index (χ3n) is 2.19. The SMILES string of the molecule is CCNC(=NCCNC(C)=O)NCCNC(=O)OC(C)(C)C.I. The zero-order valence-electron chi connectivity index (χ0n) is 14.6. The molecule has 0 fully saturated rings. The molecule has 0 atom stereocenters. The molecule has 0 aliphatic carbocycles. The Morgan fingerprint density at radius 2 is 1.61 bits per heavy atom. The maximum atomic E-state index is 11.5. The van der Waals surface area contributed by atoms with Gasteiger partial charge in [-0.2, -0.15) is 0 Å². The second-order valence-electron chi connectivity index (χ2n) is 5.60. The molecule has 23 heavy (non-hydrogen) atoms. The fourth-order valence-electron chi connectivity index (χ4n) is 1.40. The van der Waals surface area contributed by atoms with Crippen LogP contribution >= 0.6 is 24.0 Å². The molecular weight excluding hydrogens is 413 g/mol. The van der Waals surface area contributed by atoms with Crippen LogP contribution in [0.15, 0.2) is 4.99 Å². The van der Waals surface area contributed by atoms with Gasteiger partial charge in [0.15, 0.2) is 5.96 Å². The van der Waals surface area contributed by atoms with Crippen LogP contribution in [0.3, 0.4) is 0 Å². The fourth-order valence-corrected chi connectivity index (χ4v) is 1.40. The van der Waals surface area contributed by atoms with E-state index in [0.717, 1.165) is 6.54 Å². The molecule has 0 aromatic heterocycles. The van der Waals surface area contributed by atoms with Crippen LogP contribution in [0.25, 0.3) is 0 Å². The van der Waals surface area contributed by atoms with Crippen LogP contribution in [0.4, 0.5) is 4.79 Å². The predicted octanol–water partition coefficient (Wildman–Crippen LogP) is 0.820. The first-order chi connectivity index (χ1) is 10.2. The number of hydrogen-bond donors (Lipinski definition) is 4. The lowest BCUT2D eigenvalue weighted by molar-refractivity contribution is -0.118. The summed E-state index contributed by atoms with van der Waals surface area (Å²) in [5, 5.41) is 11.5. The summed E-state index contributed by atoms with van der Waals surface area (Å²) in [6.45, 7) is 11.5. The van der Waals surface area contributed by atoms with Crippen molar-refractivity contribution >= 4 is 41.9 Å². The van der Waals surface area contributed by atoms with E-state index in [-0.39, 0.29) is 29.9 Å². The third-order valence-corrected chi connectivity index (χ3v) is 2.19. The lowest BCUT2D eigenvalue weighted by Crippen LogP contribution is -2.42. The van der Waals surface area contributed by atoms with Gasteiger partial charge in [0.05, 0.1) is 6.54 Å². The van der Waals surface area contributed by atoms with E-state index in [0.29, 0.717) is 32.1 Å². The van der Waals surface area contributed by atoms with Crippen molar-refractivity contribution in [1.29, 1.82) is 0 Å². The Kier molecular flexibility index (Phi) is 13.8. The number of carbonyl (C=O) groups is 2. The molecule has 8 nitrogen and oxygen atoms in total. The Labute approximate surface area is 155 Å². The van der Waals surface area contributed by atoms with Crippen LogP contribution in [0, 0.1) is 0 Å². The van der Waals surface area contributed by atoms with Gasteiger partial charge < -0.3 is 26.0 Å². The van der Waals surface area contributed by atoms with E-state index in [4.69, 9.17) is 4.74 Å². The summed E-state index contributed by atoms with van der Waals surface area (Å²) in [5.74, 6) is 0.563. The van der Waals surface area contributed by atoms with Crippen LogP contribution < -0.4 is 21.3 Å². The molecule has 0 unspecified atom stereocenters. The highest BCUT2D eigenvalue weighted by Crippen LogP contribution is 2.05. The summed E-state index contributed by atoms with van der Waals surface area (Å²) in [5.41, 5.74) is -0.502. The minimum Gasteiger partial charge on any atom is -0.444 e. The van der Waals surface area contributed by atoms with Gasteiger partial charge in [-0.15, -0.1) is 24.0 Å². The predicted molar refractivity (Wildman–Crippen MR) is 102 cm³/mol. The van der Waals surface area contributed by atoms with Gasteiger partial charge in [-0.3, -0.25) is 9.79 Å². The highest BCUT2D eigenvalue weighted by molar-refractivity contribution is 14.0. The minimum atomic E-state index is -0.502. The highest BCUT2D eigenvalue weighted by Gasteiger charge is 2.15. The quantitative estimate of drug-likeness (QED) is 0.202. The molecule has 0 radical (unpaired) electrons. The first-order valence-corrected chi connectivity index (χ1v) is 7.48. The topological polar surface area (TPSA) is 104 Å². The highest BCUT2D eigenvalue weighted by atomic mass is 127. The van der Waals surface area contributed by atoms with Crippen molar-refractivity contribution < 1.29 is 14.3 Å². The standard InChI is InChI=1S/C14H29N5O3.HI/c1-6-15-12(17-8-7-16-11(2)20)18-9-10-19-13(21)22-14(3,4)5;/h6-10H2,1-5H3,(H,16,20)(H,19,21)(H2,15,17,18);1H. The number of carbonyl (C=O) groups excluding carboxylic acids is 2. The number of amides is 2. The molecule has 0 aliphatic rings. The molecule has 4 N–H and O–H groups in total. The van der Waals surface area contributed by atoms with Crippen LogP contribution in [0.1, 0.15) is 34.6 Å². The van der Waals surface area contributed by atoms with Crippen LogP contribution in [-0.4, -0.2) is 56.3 Å².